The van der Waals surface area contributed by atoms with E-state index in [0.717, 1.165) is 28.3 Å². The summed E-state index contributed by atoms with van der Waals surface area (Å²) in [5.74, 6) is 1.57. The molecule has 0 saturated heterocycles. The van der Waals surface area contributed by atoms with Gasteiger partial charge in [0.1, 0.15) is 17.6 Å². The number of methoxy groups -OCH3 is 1. The van der Waals surface area contributed by atoms with Gasteiger partial charge in [-0.2, -0.15) is 5.10 Å². The topological polar surface area (TPSA) is 77.0 Å². The van der Waals surface area contributed by atoms with Crippen LogP contribution in [0.25, 0.3) is 0 Å². The summed E-state index contributed by atoms with van der Waals surface area (Å²) >= 11 is 0. The van der Waals surface area contributed by atoms with Gasteiger partial charge in [0.15, 0.2) is 9.84 Å². The fraction of sp³-hybridized carbons (Fsp3) is 0.174. The van der Waals surface area contributed by atoms with E-state index in [1.54, 1.807) is 31.4 Å². The standard InChI is InChI=1S/C23H22N2O4S/c1-28-18-11-7-16(8-12-18)23-15-21(20-5-3-4-6-22(20)29-23)25-24-17-9-13-19(14-10-17)30(2,26)27/h3-14,23-24H,15H2,1-2H3/b25-21+. The average Bonchev–Trinajstić information content (AvgIpc) is 2.77. The van der Waals surface area contributed by atoms with E-state index >= 15 is 0 Å². The summed E-state index contributed by atoms with van der Waals surface area (Å²) in [6.07, 6.45) is 1.62. The number of fused-ring (bicyclic) bond motifs is 1. The summed E-state index contributed by atoms with van der Waals surface area (Å²) in [6.45, 7) is 0. The molecule has 0 fully saturated rings. The number of sulfone groups is 1. The maximum atomic E-state index is 11.6. The number of benzene rings is 3. The Morgan fingerprint density at radius 2 is 1.70 bits per heavy atom. The summed E-state index contributed by atoms with van der Waals surface area (Å²) in [6, 6.07) is 22.1. The van der Waals surface area contributed by atoms with Gasteiger partial charge in [-0.1, -0.05) is 24.3 Å². The van der Waals surface area contributed by atoms with Gasteiger partial charge in [-0.05, 0) is 54.1 Å². The molecule has 1 aliphatic rings. The van der Waals surface area contributed by atoms with Crippen molar-refractivity contribution in [2.24, 2.45) is 5.10 Å². The van der Waals surface area contributed by atoms with Crippen molar-refractivity contribution in [3.05, 3.63) is 83.9 Å². The van der Waals surface area contributed by atoms with E-state index in [-0.39, 0.29) is 11.0 Å². The first-order valence-electron chi connectivity index (χ1n) is 9.47. The molecule has 4 rings (SSSR count). The lowest BCUT2D eigenvalue weighted by molar-refractivity contribution is 0.206. The van der Waals surface area contributed by atoms with Crippen LogP contribution in [0.5, 0.6) is 11.5 Å². The number of rotatable bonds is 5. The Balaban J connectivity index is 1.60. The third-order valence-electron chi connectivity index (χ3n) is 4.94. The van der Waals surface area contributed by atoms with E-state index < -0.39 is 9.84 Å². The second-order valence-electron chi connectivity index (χ2n) is 7.05. The predicted octanol–water partition coefficient (Wildman–Crippen LogP) is 4.44. The average molecular weight is 423 g/mol. The van der Waals surface area contributed by atoms with E-state index in [1.807, 2.05) is 48.5 Å². The molecule has 0 aliphatic carbocycles. The Kier molecular flexibility index (Phi) is 5.46. The van der Waals surface area contributed by atoms with Crippen molar-refractivity contribution in [1.82, 2.24) is 0 Å². The van der Waals surface area contributed by atoms with Gasteiger partial charge >= 0.3 is 0 Å². The van der Waals surface area contributed by atoms with Crippen LogP contribution in [0.2, 0.25) is 0 Å². The molecule has 0 bridgehead atoms. The predicted molar refractivity (Wildman–Crippen MR) is 117 cm³/mol. The zero-order valence-corrected chi connectivity index (χ0v) is 17.5. The molecule has 1 N–H and O–H groups in total. The van der Waals surface area contributed by atoms with Crippen molar-refractivity contribution in [1.29, 1.82) is 0 Å². The van der Waals surface area contributed by atoms with Crippen molar-refractivity contribution in [2.45, 2.75) is 17.4 Å². The molecule has 30 heavy (non-hydrogen) atoms. The largest absolute Gasteiger partial charge is 0.497 e. The van der Waals surface area contributed by atoms with Crippen LogP contribution in [-0.2, 0) is 9.84 Å². The van der Waals surface area contributed by atoms with E-state index in [9.17, 15) is 8.42 Å². The molecule has 3 aromatic carbocycles. The summed E-state index contributed by atoms with van der Waals surface area (Å²) < 4.78 is 34.7. The van der Waals surface area contributed by atoms with Gasteiger partial charge in [0.2, 0.25) is 0 Å². The highest BCUT2D eigenvalue weighted by molar-refractivity contribution is 7.90. The lowest BCUT2D eigenvalue weighted by atomic mass is 9.95. The minimum atomic E-state index is -3.23. The Morgan fingerprint density at radius 3 is 2.37 bits per heavy atom. The Hall–Kier alpha value is -3.32. The van der Waals surface area contributed by atoms with Crippen molar-refractivity contribution >= 4 is 21.2 Å². The maximum Gasteiger partial charge on any atom is 0.175 e. The van der Waals surface area contributed by atoms with Gasteiger partial charge in [-0.15, -0.1) is 0 Å². The molecule has 0 amide bonds. The molecule has 0 saturated carbocycles. The van der Waals surface area contributed by atoms with Crippen LogP contribution in [0.3, 0.4) is 0 Å². The molecule has 3 aromatic rings. The van der Waals surface area contributed by atoms with E-state index in [2.05, 4.69) is 10.5 Å². The Morgan fingerprint density at radius 1 is 1.00 bits per heavy atom. The van der Waals surface area contributed by atoms with Crippen molar-refractivity contribution in [2.75, 3.05) is 18.8 Å². The van der Waals surface area contributed by atoms with Crippen LogP contribution in [-0.4, -0.2) is 27.5 Å². The second kappa shape index (κ2) is 8.20. The zero-order valence-electron chi connectivity index (χ0n) is 16.7. The number of nitrogens with zero attached hydrogens (tertiary/aromatic N) is 1. The van der Waals surface area contributed by atoms with Crippen LogP contribution in [0.4, 0.5) is 5.69 Å². The minimum absolute atomic E-state index is 0.168. The number of nitrogens with one attached hydrogen (secondary N) is 1. The van der Waals surface area contributed by atoms with Gasteiger partial charge in [-0.3, -0.25) is 5.43 Å². The first-order valence-corrected chi connectivity index (χ1v) is 11.4. The zero-order chi connectivity index (χ0) is 21.1. The SMILES string of the molecule is COc1ccc(C2C/C(=N\Nc3ccc(S(C)(=O)=O)cc3)c3ccccc3O2)cc1. The number of anilines is 1. The number of ether oxygens (including phenoxy) is 2. The highest BCUT2D eigenvalue weighted by Crippen LogP contribution is 2.35. The third-order valence-corrected chi connectivity index (χ3v) is 6.06. The van der Waals surface area contributed by atoms with E-state index in [0.29, 0.717) is 12.1 Å². The summed E-state index contributed by atoms with van der Waals surface area (Å²) in [5, 5.41) is 4.61. The molecular formula is C23H22N2O4S. The van der Waals surface area contributed by atoms with Crippen LogP contribution < -0.4 is 14.9 Å². The van der Waals surface area contributed by atoms with Crippen molar-refractivity contribution in [3.63, 3.8) is 0 Å². The lowest BCUT2D eigenvalue weighted by Gasteiger charge is -2.27. The minimum Gasteiger partial charge on any atom is -0.497 e. The quantitative estimate of drug-likeness (QED) is 0.615. The molecule has 7 heteroatoms. The molecule has 1 heterocycles. The maximum absolute atomic E-state index is 11.6. The lowest BCUT2D eigenvalue weighted by Crippen LogP contribution is -2.21. The summed E-state index contributed by atoms with van der Waals surface area (Å²) in [4.78, 5) is 0.275. The Labute approximate surface area is 176 Å². The monoisotopic (exact) mass is 422 g/mol. The van der Waals surface area contributed by atoms with Gasteiger partial charge in [-0.25, -0.2) is 8.42 Å². The number of para-hydroxylation sites is 1. The number of hydrogen-bond acceptors (Lipinski definition) is 6. The highest BCUT2D eigenvalue weighted by Gasteiger charge is 2.26. The molecule has 0 aromatic heterocycles. The van der Waals surface area contributed by atoms with Crippen LogP contribution in [0.1, 0.15) is 23.7 Å². The third kappa shape index (κ3) is 4.31. The van der Waals surface area contributed by atoms with E-state index in [4.69, 9.17) is 9.47 Å². The first-order chi connectivity index (χ1) is 14.4. The van der Waals surface area contributed by atoms with Gasteiger partial charge in [0, 0.05) is 18.2 Å². The second-order valence-corrected chi connectivity index (χ2v) is 9.06. The molecule has 0 spiro atoms. The molecule has 154 valence electrons. The molecule has 6 nitrogen and oxygen atoms in total. The fourth-order valence-electron chi connectivity index (χ4n) is 3.31. The first kappa shape index (κ1) is 20.0. The normalized spacial score (nSPS) is 17.1. The smallest absolute Gasteiger partial charge is 0.175 e. The van der Waals surface area contributed by atoms with Crippen LogP contribution in [0.15, 0.2) is 82.8 Å². The van der Waals surface area contributed by atoms with E-state index in [1.165, 1.54) is 6.26 Å². The summed E-state index contributed by atoms with van der Waals surface area (Å²) in [5.41, 5.74) is 6.59. The van der Waals surface area contributed by atoms with Crippen LogP contribution >= 0.6 is 0 Å². The molecule has 1 atom stereocenters. The molecule has 0 radical (unpaired) electrons. The van der Waals surface area contributed by atoms with Gasteiger partial charge in [0.25, 0.3) is 0 Å². The highest BCUT2D eigenvalue weighted by atomic mass is 32.2. The molecule has 1 aliphatic heterocycles. The van der Waals surface area contributed by atoms with Crippen LogP contribution in [0, 0.1) is 0 Å². The molecular weight excluding hydrogens is 400 g/mol. The Bertz CT molecular complexity index is 1170. The molecule has 1 unspecified atom stereocenters. The van der Waals surface area contributed by atoms with Gasteiger partial charge in [0.05, 0.1) is 23.4 Å². The van der Waals surface area contributed by atoms with Crippen molar-refractivity contribution in [3.8, 4) is 11.5 Å². The summed E-state index contributed by atoms with van der Waals surface area (Å²) in [7, 11) is -1.59. The number of hydrazone groups is 1. The fourth-order valence-corrected chi connectivity index (χ4v) is 3.94. The van der Waals surface area contributed by atoms with Crippen molar-refractivity contribution < 1.29 is 17.9 Å². The number of hydrogen-bond donors (Lipinski definition) is 1. The van der Waals surface area contributed by atoms with Gasteiger partial charge < -0.3 is 9.47 Å².